The van der Waals surface area contributed by atoms with Gasteiger partial charge in [-0.25, -0.2) is 4.98 Å². The standard InChI is InChI=1S/C49H39Cl2F3N4O8/c1-64-31-15-19-40(66-3)26(20-31)7-4-25-5-12-30(13-6-25)57-44(60)34-17-16-33-35(41(34)46(57)62)23-37-45(61)58(56-43-38(51)21-28(24-55-43)49(52,53)54)47(63)48(37,27-8-10-29(50)11-9-27)42(33)36-22-32(65-2)14-18-39(36)59/h4-16,18-22,24,34-35,37,41-42,59H,17,23H2,1-3H3,(H,55,56)/t34-,35+,37-,41-,42+,48+/m0/s1. The highest BCUT2D eigenvalue weighted by Gasteiger charge is 2.71. The Morgan fingerprint density at radius 1 is 0.818 bits per heavy atom. The maximum Gasteiger partial charge on any atom is 0.417 e. The number of hydrogen-bond acceptors (Lipinski definition) is 10. The van der Waals surface area contributed by atoms with Crippen molar-refractivity contribution in [1.29, 1.82) is 0 Å². The van der Waals surface area contributed by atoms with Crippen molar-refractivity contribution in [3.63, 3.8) is 0 Å². The van der Waals surface area contributed by atoms with Crippen LogP contribution in [0.25, 0.3) is 12.2 Å². The van der Waals surface area contributed by atoms with Crippen molar-refractivity contribution in [3.8, 4) is 23.0 Å². The number of phenols is 1. The van der Waals surface area contributed by atoms with Crippen molar-refractivity contribution in [2.24, 2.45) is 23.7 Å². The molecule has 0 radical (unpaired) electrons. The molecule has 17 heteroatoms. The second-order valence-electron chi connectivity index (χ2n) is 16.4. The zero-order chi connectivity index (χ0) is 46.8. The van der Waals surface area contributed by atoms with Gasteiger partial charge in [0.1, 0.15) is 23.0 Å². The predicted octanol–water partition coefficient (Wildman–Crippen LogP) is 9.50. The van der Waals surface area contributed by atoms with Gasteiger partial charge in [0.25, 0.3) is 11.8 Å². The number of allylic oxidation sites excluding steroid dienone is 2. The van der Waals surface area contributed by atoms with E-state index >= 15 is 9.59 Å². The highest BCUT2D eigenvalue weighted by molar-refractivity contribution is 6.33. The number of alkyl halides is 3. The van der Waals surface area contributed by atoms with Gasteiger partial charge in [0.15, 0.2) is 5.82 Å². The highest BCUT2D eigenvalue weighted by atomic mass is 35.5. The molecule has 0 unspecified atom stereocenters. The number of nitrogens with zero attached hydrogens (tertiary/aromatic N) is 3. The second-order valence-corrected chi connectivity index (χ2v) is 17.2. The second kappa shape index (κ2) is 16.9. The fourth-order valence-corrected chi connectivity index (χ4v) is 10.5. The molecule has 66 heavy (non-hydrogen) atoms. The van der Waals surface area contributed by atoms with Crippen LogP contribution in [0.2, 0.25) is 10.0 Å². The number of aromatic hydroxyl groups is 1. The first-order valence-electron chi connectivity index (χ1n) is 20.7. The number of fused-ring (bicyclic) bond motifs is 4. The van der Waals surface area contributed by atoms with E-state index in [1.807, 2.05) is 24.3 Å². The summed E-state index contributed by atoms with van der Waals surface area (Å²) in [6.07, 6.45) is 1.26. The fraction of sp³-hybridized carbons (Fsp3) is 0.245. The van der Waals surface area contributed by atoms with Crippen LogP contribution in [0.5, 0.6) is 23.0 Å². The Labute approximate surface area is 386 Å². The molecule has 2 aliphatic heterocycles. The Morgan fingerprint density at radius 3 is 2.18 bits per heavy atom. The molecule has 0 spiro atoms. The van der Waals surface area contributed by atoms with Crippen LogP contribution in [0.3, 0.4) is 0 Å². The van der Waals surface area contributed by atoms with Crippen LogP contribution in [0.15, 0.2) is 109 Å². The number of nitrogens with one attached hydrogen (secondary N) is 1. The first kappa shape index (κ1) is 44.4. The van der Waals surface area contributed by atoms with Crippen LogP contribution in [-0.4, -0.2) is 60.1 Å². The van der Waals surface area contributed by atoms with E-state index in [1.54, 1.807) is 80.9 Å². The number of carbonyl (C=O) groups excluding carboxylic acids is 4. The number of ether oxygens (including phenoxy) is 3. The number of pyridine rings is 1. The van der Waals surface area contributed by atoms with Crippen LogP contribution >= 0.6 is 23.2 Å². The number of imide groups is 2. The smallest absolute Gasteiger partial charge is 0.417 e. The number of anilines is 2. The largest absolute Gasteiger partial charge is 0.508 e. The average Bonchev–Trinajstić information content (AvgIpc) is 3.69. The van der Waals surface area contributed by atoms with Crippen molar-refractivity contribution in [2.45, 2.75) is 30.4 Å². The molecule has 2 aliphatic carbocycles. The van der Waals surface area contributed by atoms with Crippen LogP contribution in [0.4, 0.5) is 24.7 Å². The number of rotatable bonds is 10. The molecule has 12 nitrogen and oxygen atoms in total. The Morgan fingerprint density at radius 2 is 1.52 bits per heavy atom. The predicted molar refractivity (Wildman–Crippen MR) is 239 cm³/mol. The number of methoxy groups -OCH3 is 3. The van der Waals surface area contributed by atoms with Crippen LogP contribution in [0.1, 0.15) is 46.6 Å². The zero-order valence-electron chi connectivity index (χ0n) is 35.3. The lowest BCUT2D eigenvalue weighted by Gasteiger charge is -2.50. The molecule has 2 saturated heterocycles. The molecule has 2 N–H and O–H groups in total. The molecule has 5 aromatic rings. The molecule has 1 saturated carbocycles. The van der Waals surface area contributed by atoms with E-state index in [2.05, 4.69) is 10.4 Å². The SMILES string of the molecule is COc1ccc(OC)c(C=Cc2ccc(N3C(=O)[C@H]4[C@H](CC=C5[C@H]4C[C@H]4C(=O)N(Nc6ncc(C(F)(F)F)cc6Cl)C(=O)[C@@]4(c4ccc(Cl)cc4)[C@H]5c4cc(OC)ccc4O)C3=O)cc2)c1. The number of hydrazine groups is 1. The van der Waals surface area contributed by atoms with Gasteiger partial charge in [-0.3, -0.25) is 29.5 Å². The number of halogens is 5. The molecule has 3 heterocycles. The minimum atomic E-state index is -4.78. The number of amides is 4. The molecule has 6 atom stereocenters. The number of aromatic nitrogens is 1. The third-order valence-electron chi connectivity index (χ3n) is 13.1. The van der Waals surface area contributed by atoms with Gasteiger partial charge in [0, 0.05) is 28.3 Å². The summed E-state index contributed by atoms with van der Waals surface area (Å²) in [5, 5.41) is 12.2. The molecule has 9 rings (SSSR count). The molecule has 4 aliphatic rings. The maximum atomic E-state index is 15.5. The number of carbonyl (C=O) groups is 4. The fourth-order valence-electron chi connectivity index (χ4n) is 10.2. The van der Waals surface area contributed by atoms with E-state index in [9.17, 15) is 27.9 Å². The lowest BCUT2D eigenvalue weighted by molar-refractivity contribution is -0.139. The van der Waals surface area contributed by atoms with Crippen molar-refractivity contribution in [1.82, 2.24) is 9.99 Å². The Balaban J connectivity index is 1.13. The van der Waals surface area contributed by atoms with E-state index in [4.69, 9.17) is 37.4 Å². The van der Waals surface area contributed by atoms with E-state index in [0.29, 0.717) is 56.4 Å². The summed E-state index contributed by atoms with van der Waals surface area (Å²) >= 11 is 12.7. The highest BCUT2D eigenvalue weighted by Crippen LogP contribution is 2.65. The maximum absolute atomic E-state index is 15.5. The van der Waals surface area contributed by atoms with Gasteiger partial charge < -0.3 is 19.3 Å². The van der Waals surface area contributed by atoms with Gasteiger partial charge >= 0.3 is 6.18 Å². The summed E-state index contributed by atoms with van der Waals surface area (Å²) in [7, 11) is 4.56. The van der Waals surface area contributed by atoms with E-state index in [1.165, 1.54) is 19.2 Å². The van der Waals surface area contributed by atoms with Gasteiger partial charge in [-0.05, 0) is 96.6 Å². The molecular weight excluding hydrogens is 900 g/mol. The van der Waals surface area contributed by atoms with Crippen LogP contribution in [-0.2, 0) is 30.8 Å². The van der Waals surface area contributed by atoms with E-state index < -0.39 is 81.2 Å². The van der Waals surface area contributed by atoms with Gasteiger partial charge in [0.2, 0.25) is 11.8 Å². The first-order valence-corrected chi connectivity index (χ1v) is 21.4. The lowest BCUT2D eigenvalue weighted by atomic mass is 9.49. The van der Waals surface area contributed by atoms with Gasteiger partial charge in [-0.2, -0.15) is 18.2 Å². The van der Waals surface area contributed by atoms with Crippen molar-refractivity contribution in [2.75, 3.05) is 31.7 Å². The van der Waals surface area contributed by atoms with Crippen molar-refractivity contribution >= 4 is 70.5 Å². The first-order chi connectivity index (χ1) is 31.6. The summed E-state index contributed by atoms with van der Waals surface area (Å²) < 4.78 is 57.2. The lowest BCUT2D eigenvalue weighted by Crippen LogP contribution is -2.53. The van der Waals surface area contributed by atoms with E-state index in [0.717, 1.165) is 16.0 Å². The zero-order valence-corrected chi connectivity index (χ0v) is 36.8. The Kier molecular flexibility index (Phi) is 11.3. The van der Waals surface area contributed by atoms with Gasteiger partial charge in [-0.15, -0.1) is 0 Å². The Hall–Kier alpha value is -6.84. The normalized spacial score (nSPS) is 23.7. The number of benzene rings is 4. The summed E-state index contributed by atoms with van der Waals surface area (Å²) in [6, 6.07) is 23.7. The molecule has 1 aromatic heterocycles. The molecule has 3 fully saturated rings. The summed E-state index contributed by atoms with van der Waals surface area (Å²) in [5.41, 5.74) is 2.54. The van der Waals surface area contributed by atoms with Crippen LogP contribution < -0.4 is 24.5 Å². The molecule has 4 amide bonds. The molecular formula is C49H39Cl2F3N4O8. The summed E-state index contributed by atoms with van der Waals surface area (Å²) in [4.78, 5) is 64.8. The Bertz CT molecular complexity index is 2870. The minimum absolute atomic E-state index is 0.0958. The quantitative estimate of drug-likeness (QED) is 0.0789. The molecule has 338 valence electrons. The van der Waals surface area contributed by atoms with Crippen molar-refractivity contribution < 1.29 is 51.7 Å². The summed E-state index contributed by atoms with van der Waals surface area (Å²) in [6.45, 7) is 0. The topological polar surface area (TPSA) is 148 Å². The van der Waals surface area contributed by atoms with Gasteiger partial charge in [-0.1, -0.05) is 71.3 Å². The van der Waals surface area contributed by atoms with Crippen molar-refractivity contribution in [3.05, 3.63) is 147 Å². The number of phenolic OH excluding ortho intramolecular Hbond substituents is 1. The minimum Gasteiger partial charge on any atom is -0.508 e. The third kappa shape index (κ3) is 7.21. The third-order valence-corrected chi connectivity index (χ3v) is 13.7. The monoisotopic (exact) mass is 938 g/mol. The van der Waals surface area contributed by atoms with Crippen LogP contribution in [0, 0.1) is 23.7 Å². The molecule has 0 bridgehead atoms. The average molecular weight is 940 g/mol. The summed E-state index contributed by atoms with van der Waals surface area (Å²) in [5.74, 6) is -6.67. The number of hydrogen-bond donors (Lipinski definition) is 2. The van der Waals surface area contributed by atoms with E-state index in [-0.39, 0.29) is 24.2 Å². The molecule has 4 aromatic carbocycles. The van der Waals surface area contributed by atoms with Gasteiger partial charge in [0.05, 0.1) is 60.8 Å².